The molecule has 7 heteroatoms. The van der Waals surface area contributed by atoms with Crippen LogP contribution in [0.1, 0.15) is 45.2 Å². The van der Waals surface area contributed by atoms with E-state index in [2.05, 4.69) is 17.4 Å². The van der Waals surface area contributed by atoms with E-state index < -0.39 is 18.0 Å². The minimum absolute atomic E-state index is 0.0139. The van der Waals surface area contributed by atoms with Gasteiger partial charge in [0.25, 0.3) is 5.91 Å². The van der Waals surface area contributed by atoms with Crippen molar-refractivity contribution in [1.82, 2.24) is 10.5 Å². The number of hydroxylamine groups is 1. The summed E-state index contributed by atoms with van der Waals surface area (Å²) >= 11 is 0. The fourth-order valence-corrected chi connectivity index (χ4v) is 3.48. The second kappa shape index (κ2) is 8.93. The maximum Gasteiger partial charge on any atom is 0.344 e. The van der Waals surface area contributed by atoms with Gasteiger partial charge in [0, 0.05) is 22.2 Å². The molecule has 1 aromatic heterocycles. The third kappa shape index (κ3) is 4.04. The molecule has 28 heavy (non-hydrogen) atoms. The lowest BCUT2D eigenvalue weighted by molar-refractivity contribution is -0.142. The lowest BCUT2D eigenvalue weighted by Crippen LogP contribution is -2.26. The summed E-state index contributed by atoms with van der Waals surface area (Å²) < 4.78 is 11.1. The van der Waals surface area contributed by atoms with Gasteiger partial charge in [-0.05, 0) is 44.0 Å². The first-order chi connectivity index (χ1) is 13.6. The molecule has 0 saturated heterocycles. The molecule has 0 bridgehead atoms. The van der Waals surface area contributed by atoms with Crippen LogP contribution in [0.2, 0.25) is 0 Å². The van der Waals surface area contributed by atoms with Crippen LogP contribution in [0.4, 0.5) is 0 Å². The van der Waals surface area contributed by atoms with Crippen LogP contribution in [0.5, 0.6) is 5.75 Å². The smallest absolute Gasteiger partial charge is 0.344 e. The molecule has 1 aliphatic rings. The number of aromatic nitrogens is 1. The number of amides is 1. The number of hydrogen-bond donors (Lipinski definition) is 2. The number of unbranched alkanes of at least 4 members (excludes halogenated alkanes) is 2. The predicted molar refractivity (Wildman–Crippen MR) is 106 cm³/mol. The first-order valence-corrected chi connectivity index (χ1v) is 9.63. The van der Waals surface area contributed by atoms with Gasteiger partial charge >= 0.3 is 5.97 Å². The van der Waals surface area contributed by atoms with Crippen LogP contribution in [-0.2, 0) is 19.2 Å². The Kier molecular flexibility index (Phi) is 6.36. The highest BCUT2D eigenvalue weighted by Crippen LogP contribution is 2.36. The fraction of sp³-hybridized carbons (Fsp3) is 0.429. The van der Waals surface area contributed by atoms with Gasteiger partial charge in [0.05, 0.1) is 13.7 Å². The number of H-pyrrole nitrogens is 1. The molecule has 0 fully saturated rings. The van der Waals surface area contributed by atoms with Crippen molar-refractivity contribution < 1.29 is 23.9 Å². The zero-order chi connectivity index (χ0) is 20.1. The van der Waals surface area contributed by atoms with Crippen LogP contribution in [0, 0.1) is 0 Å². The highest BCUT2D eigenvalue weighted by molar-refractivity contribution is 6.24. The number of fused-ring (bicyclic) bond motifs is 1. The zero-order valence-electron chi connectivity index (χ0n) is 16.5. The molecule has 0 saturated carbocycles. The summed E-state index contributed by atoms with van der Waals surface area (Å²) in [6, 6.07) is 7.65. The van der Waals surface area contributed by atoms with Gasteiger partial charge in [-0.15, -0.1) is 0 Å². The van der Waals surface area contributed by atoms with Gasteiger partial charge in [0.1, 0.15) is 17.4 Å². The van der Waals surface area contributed by atoms with E-state index in [1.54, 1.807) is 0 Å². The average Bonchev–Trinajstić information content (AvgIpc) is 3.22. The number of carbonyl (C=O) groups excluding carboxylic acids is 2. The van der Waals surface area contributed by atoms with Crippen molar-refractivity contribution in [3.8, 4) is 5.75 Å². The molecule has 1 aliphatic heterocycles. The Hall–Kier alpha value is -2.80. The maximum absolute atomic E-state index is 12.4. The molecule has 0 aliphatic carbocycles. The molecule has 0 radical (unpaired) electrons. The van der Waals surface area contributed by atoms with Gasteiger partial charge in [-0.2, -0.15) is 0 Å². The van der Waals surface area contributed by atoms with Crippen LogP contribution in [0.25, 0.3) is 16.5 Å². The molecule has 2 heterocycles. The Bertz CT molecular complexity index is 899. The molecule has 0 spiro atoms. The van der Waals surface area contributed by atoms with Gasteiger partial charge in [0.15, 0.2) is 0 Å². The van der Waals surface area contributed by atoms with E-state index in [0.29, 0.717) is 24.3 Å². The lowest BCUT2D eigenvalue weighted by Gasteiger charge is -2.13. The van der Waals surface area contributed by atoms with Crippen molar-refractivity contribution in [2.24, 2.45) is 0 Å². The quantitative estimate of drug-likeness (QED) is 0.298. The summed E-state index contributed by atoms with van der Waals surface area (Å²) in [6.07, 6.45) is 3.20. The lowest BCUT2D eigenvalue weighted by atomic mass is 9.97. The molecular formula is C21H26N2O5. The van der Waals surface area contributed by atoms with Crippen molar-refractivity contribution in [3.05, 3.63) is 35.5 Å². The first-order valence-electron chi connectivity index (χ1n) is 9.63. The van der Waals surface area contributed by atoms with E-state index in [0.717, 1.165) is 35.9 Å². The van der Waals surface area contributed by atoms with Crippen LogP contribution in [0.3, 0.4) is 0 Å². The van der Waals surface area contributed by atoms with Crippen LogP contribution in [-0.4, -0.2) is 36.7 Å². The molecule has 150 valence electrons. The van der Waals surface area contributed by atoms with Gasteiger partial charge in [-0.1, -0.05) is 19.8 Å². The Morgan fingerprint density at radius 3 is 2.79 bits per heavy atom. The number of carbonyl (C=O) groups is 2. The molecule has 3 rings (SSSR count). The molecule has 1 atom stereocenters. The standard InChI is InChI=1S/C21H26N2O5/c1-4-6-7-8-17-18(19(21(25)28-17)20(24)23-26-3)16-12-13-11-14(27-5-2)9-10-15(13)22-16/h9-12,17,22H,4-8H2,1-3H3,(H,23,24). The summed E-state index contributed by atoms with van der Waals surface area (Å²) in [5, 5.41) is 0.937. The van der Waals surface area contributed by atoms with Crippen molar-refractivity contribution in [1.29, 1.82) is 0 Å². The average molecular weight is 386 g/mol. The third-order valence-corrected chi connectivity index (χ3v) is 4.73. The Labute approximate surface area is 164 Å². The van der Waals surface area contributed by atoms with Crippen molar-refractivity contribution >= 4 is 28.4 Å². The Morgan fingerprint density at radius 1 is 1.25 bits per heavy atom. The van der Waals surface area contributed by atoms with Crippen molar-refractivity contribution in [3.63, 3.8) is 0 Å². The van der Waals surface area contributed by atoms with E-state index >= 15 is 0 Å². The minimum Gasteiger partial charge on any atom is -0.494 e. The van der Waals surface area contributed by atoms with E-state index in [4.69, 9.17) is 14.3 Å². The van der Waals surface area contributed by atoms with Crippen LogP contribution >= 0.6 is 0 Å². The summed E-state index contributed by atoms with van der Waals surface area (Å²) in [7, 11) is 1.33. The first kappa shape index (κ1) is 19.9. The second-order valence-corrected chi connectivity index (χ2v) is 6.68. The summed E-state index contributed by atoms with van der Waals surface area (Å²) in [5.74, 6) is -0.459. The number of rotatable bonds is 9. The molecule has 7 nitrogen and oxygen atoms in total. The van der Waals surface area contributed by atoms with Crippen LogP contribution in [0.15, 0.2) is 29.8 Å². The summed E-state index contributed by atoms with van der Waals surface area (Å²) in [5.41, 5.74) is 4.38. The predicted octanol–water partition coefficient (Wildman–Crippen LogP) is 3.50. The zero-order valence-corrected chi connectivity index (χ0v) is 16.5. The third-order valence-electron chi connectivity index (χ3n) is 4.73. The van der Waals surface area contributed by atoms with E-state index in [1.807, 2.05) is 31.2 Å². The van der Waals surface area contributed by atoms with E-state index in [-0.39, 0.29) is 5.57 Å². The second-order valence-electron chi connectivity index (χ2n) is 6.68. The van der Waals surface area contributed by atoms with Gasteiger partial charge < -0.3 is 14.5 Å². The van der Waals surface area contributed by atoms with Crippen molar-refractivity contribution in [2.75, 3.05) is 13.7 Å². The largest absolute Gasteiger partial charge is 0.494 e. The summed E-state index contributed by atoms with van der Waals surface area (Å²) in [4.78, 5) is 32.9. The molecule has 1 amide bonds. The van der Waals surface area contributed by atoms with Crippen LogP contribution < -0.4 is 10.2 Å². The summed E-state index contributed by atoms with van der Waals surface area (Å²) in [6.45, 7) is 4.63. The highest BCUT2D eigenvalue weighted by atomic mass is 16.6. The molecular weight excluding hydrogens is 360 g/mol. The molecule has 2 N–H and O–H groups in total. The van der Waals surface area contributed by atoms with Crippen molar-refractivity contribution in [2.45, 2.75) is 45.6 Å². The topological polar surface area (TPSA) is 89.7 Å². The number of benzene rings is 1. The normalized spacial score (nSPS) is 16.5. The number of cyclic esters (lactones) is 1. The fourth-order valence-electron chi connectivity index (χ4n) is 3.48. The Morgan fingerprint density at radius 2 is 2.07 bits per heavy atom. The number of nitrogens with one attached hydrogen (secondary N) is 2. The maximum atomic E-state index is 12.4. The van der Waals surface area contributed by atoms with Gasteiger partial charge in [-0.3, -0.25) is 9.63 Å². The SMILES string of the molecule is CCCCCC1OC(=O)C(C(=O)NOC)=C1c1cc2cc(OCC)ccc2[nH]1. The minimum atomic E-state index is -0.625. The number of esters is 1. The molecule has 1 unspecified atom stereocenters. The molecule has 1 aromatic carbocycles. The van der Waals surface area contributed by atoms with Gasteiger partial charge in [-0.25, -0.2) is 10.3 Å². The van der Waals surface area contributed by atoms with Gasteiger partial charge in [0.2, 0.25) is 0 Å². The molecule has 2 aromatic rings. The van der Waals surface area contributed by atoms with E-state index in [9.17, 15) is 9.59 Å². The highest BCUT2D eigenvalue weighted by Gasteiger charge is 2.39. The number of ether oxygens (including phenoxy) is 2. The number of aromatic amines is 1. The van der Waals surface area contributed by atoms with E-state index in [1.165, 1.54) is 7.11 Å². The Balaban J connectivity index is 2.03. The monoisotopic (exact) mass is 386 g/mol. The number of hydrogen-bond acceptors (Lipinski definition) is 5.